The second-order valence-corrected chi connectivity index (χ2v) is 13.1. The number of nitrogens with zero attached hydrogens (tertiary/aromatic N) is 4. The lowest BCUT2D eigenvalue weighted by atomic mass is 9.84. The molecule has 0 bridgehead atoms. The van der Waals surface area contributed by atoms with E-state index >= 15 is 0 Å². The summed E-state index contributed by atoms with van der Waals surface area (Å²) in [6.07, 6.45) is 0. The Morgan fingerprint density at radius 2 is 1.60 bits per heavy atom. The molecule has 232 valence electrons. The van der Waals surface area contributed by atoms with Crippen molar-refractivity contribution in [3.63, 3.8) is 0 Å². The van der Waals surface area contributed by atoms with Crippen molar-refractivity contribution in [1.29, 1.82) is 0 Å². The lowest BCUT2D eigenvalue weighted by Gasteiger charge is -2.32. The molecule has 4 heterocycles. The molecule has 2 aromatic heterocycles. The lowest BCUT2D eigenvalue weighted by Crippen LogP contribution is -2.53. The van der Waals surface area contributed by atoms with Crippen LogP contribution in [0.4, 0.5) is 24.0 Å². The van der Waals surface area contributed by atoms with E-state index in [1.165, 1.54) is 53.1 Å². The van der Waals surface area contributed by atoms with Gasteiger partial charge in [-0.15, -0.1) is 10.2 Å². The highest BCUT2D eigenvalue weighted by Crippen LogP contribution is 2.55. The first-order valence-electron chi connectivity index (χ1n) is 14.2. The molecule has 0 aliphatic carbocycles. The van der Waals surface area contributed by atoms with Gasteiger partial charge in [0.25, 0.3) is 11.8 Å². The summed E-state index contributed by atoms with van der Waals surface area (Å²) in [6, 6.07) is 22.0. The van der Waals surface area contributed by atoms with Gasteiger partial charge in [0.05, 0.1) is 23.2 Å². The minimum absolute atomic E-state index is 0.00106. The number of aromatic nitrogens is 2. The Labute approximate surface area is 272 Å². The van der Waals surface area contributed by atoms with Crippen LogP contribution >= 0.6 is 23.1 Å². The number of halogens is 3. The van der Waals surface area contributed by atoms with Gasteiger partial charge in [0.2, 0.25) is 10.9 Å². The molecule has 0 saturated carbocycles. The first-order valence-corrected chi connectivity index (χ1v) is 16.0. The molecule has 2 aliphatic rings. The molecule has 2 aliphatic heterocycles. The molecule has 1 unspecified atom stereocenters. The van der Waals surface area contributed by atoms with E-state index < -0.39 is 34.4 Å². The molecule has 4 aromatic carbocycles. The van der Waals surface area contributed by atoms with Crippen LogP contribution in [0.2, 0.25) is 0 Å². The fourth-order valence-electron chi connectivity index (χ4n) is 6.17. The van der Waals surface area contributed by atoms with Crippen LogP contribution in [0.25, 0.3) is 11.0 Å². The number of hydrogen-bond acceptors (Lipinski definition) is 8. The Morgan fingerprint density at radius 1 is 0.851 bits per heavy atom. The van der Waals surface area contributed by atoms with E-state index in [-0.39, 0.29) is 45.5 Å². The standard InChI is InChI=1S/C34H19F3N4O4S2/c35-20-11-9-18(10-12-20)16-40-25-8-4-2-6-23(25)34(31(40)44)27-28(42)22-15-21(36)13-14-26(22)45-29(27)30(43)41(34)32-38-39-33(47-32)46-17-19-5-1-3-7-24(19)37/h1-15H,16-17H2. The van der Waals surface area contributed by atoms with Crippen LogP contribution in [0.3, 0.4) is 0 Å². The molecule has 47 heavy (non-hydrogen) atoms. The number of carbonyl (C=O) groups is 2. The molecular formula is C34H19F3N4O4S2. The molecule has 0 fully saturated rings. The fourth-order valence-corrected chi connectivity index (χ4v) is 8.05. The van der Waals surface area contributed by atoms with Gasteiger partial charge in [-0.25, -0.2) is 13.2 Å². The zero-order valence-corrected chi connectivity index (χ0v) is 25.6. The molecule has 0 radical (unpaired) electrons. The maximum Gasteiger partial charge on any atom is 0.297 e. The van der Waals surface area contributed by atoms with Crippen LogP contribution in [0.15, 0.2) is 105 Å². The topological polar surface area (TPSA) is 96.6 Å². The summed E-state index contributed by atoms with van der Waals surface area (Å²) in [4.78, 5) is 46.2. The number of carbonyl (C=O) groups excluding carboxylic acids is 2. The highest BCUT2D eigenvalue weighted by atomic mass is 32.2. The van der Waals surface area contributed by atoms with Gasteiger partial charge >= 0.3 is 0 Å². The van der Waals surface area contributed by atoms with Gasteiger partial charge in [-0.05, 0) is 53.6 Å². The summed E-state index contributed by atoms with van der Waals surface area (Å²) in [5.41, 5.74) is -1.38. The second kappa shape index (κ2) is 10.9. The zero-order valence-electron chi connectivity index (χ0n) is 23.9. The predicted molar refractivity (Wildman–Crippen MR) is 170 cm³/mol. The number of amides is 2. The summed E-state index contributed by atoms with van der Waals surface area (Å²) < 4.78 is 48.8. The summed E-state index contributed by atoms with van der Waals surface area (Å²) in [6.45, 7) is -0.0113. The molecule has 2 amide bonds. The summed E-state index contributed by atoms with van der Waals surface area (Å²) in [5.74, 6) is -3.14. The van der Waals surface area contributed by atoms with Crippen molar-refractivity contribution in [2.24, 2.45) is 0 Å². The molecule has 6 aromatic rings. The van der Waals surface area contributed by atoms with E-state index in [1.54, 1.807) is 42.5 Å². The Morgan fingerprint density at radius 3 is 2.40 bits per heavy atom. The quantitative estimate of drug-likeness (QED) is 0.142. The Balaban J connectivity index is 1.32. The number of rotatable bonds is 6. The van der Waals surface area contributed by atoms with E-state index in [0.717, 1.165) is 28.4 Å². The number of para-hydroxylation sites is 1. The van der Waals surface area contributed by atoms with E-state index in [9.17, 15) is 27.6 Å². The van der Waals surface area contributed by atoms with Gasteiger partial charge in [0.15, 0.2) is 15.3 Å². The third-order valence-electron chi connectivity index (χ3n) is 8.24. The smallest absolute Gasteiger partial charge is 0.297 e. The minimum Gasteiger partial charge on any atom is -0.450 e. The van der Waals surface area contributed by atoms with Crippen LogP contribution in [-0.2, 0) is 22.6 Å². The number of benzene rings is 4. The highest BCUT2D eigenvalue weighted by molar-refractivity contribution is 8.00. The van der Waals surface area contributed by atoms with Crippen LogP contribution in [0, 0.1) is 17.5 Å². The minimum atomic E-state index is -2.09. The van der Waals surface area contributed by atoms with Crippen molar-refractivity contribution < 1.29 is 27.2 Å². The van der Waals surface area contributed by atoms with Crippen LogP contribution in [0.5, 0.6) is 0 Å². The number of hydrogen-bond donors (Lipinski definition) is 0. The largest absolute Gasteiger partial charge is 0.450 e. The third kappa shape index (κ3) is 4.41. The maximum atomic E-state index is 15.0. The van der Waals surface area contributed by atoms with E-state index in [2.05, 4.69) is 10.2 Å². The van der Waals surface area contributed by atoms with Gasteiger partial charge in [0, 0.05) is 11.3 Å². The Bertz CT molecular complexity index is 2330. The van der Waals surface area contributed by atoms with Gasteiger partial charge in [-0.2, -0.15) is 0 Å². The first kappa shape index (κ1) is 29.2. The summed E-state index contributed by atoms with van der Waals surface area (Å²) >= 11 is 2.19. The normalized spacial score (nSPS) is 16.8. The van der Waals surface area contributed by atoms with Crippen molar-refractivity contribution in [3.05, 3.63) is 147 Å². The van der Waals surface area contributed by atoms with E-state index in [4.69, 9.17) is 4.42 Å². The second-order valence-electron chi connectivity index (χ2n) is 10.9. The molecule has 0 N–H and O–H groups in total. The average molecular weight is 669 g/mol. The SMILES string of the molecule is O=C1c2oc3ccc(F)cc3c(=O)c2C2(C(=O)N(Cc3ccc(F)cc3)c3ccccc32)N1c1nnc(SCc2ccccc2F)s1. The van der Waals surface area contributed by atoms with Crippen LogP contribution < -0.4 is 15.2 Å². The molecule has 0 saturated heterocycles. The van der Waals surface area contributed by atoms with E-state index in [0.29, 0.717) is 26.7 Å². The van der Waals surface area contributed by atoms with Crippen molar-refractivity contribution >= 4 is 56.7 Å². The van der Waals surface area contributed by atoms with Crippen molar-refractivity contribution in [2.75, 3.05) is 9.80 Å². The number of anilines is 2. The van der Waals surface area contributed by atoms with Gasteiger partial charge in [-0.3, -0.25) is 19.3 Å². The molecule has 1 spiro atoms. The summed E-state index contributed by atoms with van der Waals surface area (Å²) in [5, 5.41) is 8.35. The summed E-state index contributed by atoms with van der Waals surface area (Å²) in [7, 11) is 0. The third-order valence-corrected chi connectivity index (χ3v) is 10.3. The molecule has 13 heteroatoms. The fraction of sp³-hybridized carbons (Fsp3) is 0.0882. The molecule has 8 nitrogen and oxygen atoms in total. The van der Waals surface area contributed by atoms with Crippen molar-refractivity contribution in [2.45, 2.75) is 22.2 Å². The van der Waals surface area contributed by atoms with Gasteiger partial charge in [0.1, 0.15) is 23.0 Å². The van der Waals surface area contributed by atoms with Crippen LogP contribution in [-0.4, -0.2) is 22.0 Å². The van der Waals surface area contributed by atoms with E-state index in [1.807, 2.05) is 0 Å². The monoisotopic (exact) mass is 668 g/mol. The maximum absolute atomic E-state index is 15.0. The van der Waals surface area contributed by atoms with Gasteiger partial charge < -0.3 is 9.32 Å². The molecule has 1 atom stereocenters. The number of thioether (sulfide) groups is 1. The Hall–Kier alpha value is -5.27. The zero-order chi connectivity index (χ0) is 32.4. The van der Waals surface area contributed by atoms with Gasteiger partial charge in [-0.1, -0.05) is 71.6 Å². The lowest BCUT2D eigenvalue weighted by molar-refractivity contribution is -0.121. The highest BCUT2D eigenvalue weighted by Gasteiger charge is 2.66. The van der Waals surface area contributed by atoms with Crippen LogP contribution in [0.1, 0.15) is 32.8 Å². The average Bonchev–Trinajstić information content (AvgIpc) is 3.71. The molecule has 8 rings (SSSR count). The first-order chi connectivity index (χ1) is 22.8. The van der Waals surface area contributed by atoms with Crippen molar-refractivity contribution in [1.82, 2.24) is 10.2 Å². The van der Waals surface area contributed by atoms with Crippen molar-refractivity contribution in [3.8, 4) is 0 Å². The number of fused-ring (bicyclic) bond motifs is 5. The Kier molecular flexibility index (Phi) is 6.77. The predicted octanol–water partition coefficient (Wildman–Crippen LogP) is 6.80. The molecular weight excluding hydrogens is 650 g/mol.